The monoisotopic (exact) mass is 344 g/mol. The largest absolute Gasteiger partial charge is 0.494 e. The Labute approximate surface area is 153 Å². The van der Waals surface area contributed by atoms with Crippen LogP contribution in [0.4, 0.5) is 5.69 Å². The molecule has 2 rings (SSSR count). The van der Waals surface area contributed by atoms with Gasteiger partial charge in [-0.25, -0.2) is 0 Å². The van der Waals surface area contributed by atoms with Crippen molar-refractivity contribution >= 4 is 17.8 Å². The number of benzene rings is 2. The van der Waals surface area contributed by atoms with Crippen molar-refractivity contribution in [2.24, 2.45) is 0 Å². The van der Waals surface area contributed by atoms with E-state index in [0.717, 1.165) is 30.0 Å². The Morgan fingerprint density at radius 2 is 1.68 bits per heavy atom. The molecule has 25 heavy (non-hydrogen) atoms. The van der Waals surface area contributed by atoms with Crippen molar-refractivity contribution in [3.05, 3.63) is 59.7 Å². The minimum atomic E-state index is -0.0628. The molecule has 0 aliphatic rings. The Kier molecular flexibility index (Phi) is 12.3. The van der Waals surface area contributed by atoms with Gasteiger partial charge in [-0.2, -0.15) is 0 Å². The number of carbonyl (C=O) groups is 1. The first-order valence-electron chi connectivity index (χ1n) is 8.62. The van der Waals surface area contributed by atoms with Crippen molar-refractivity contribution in [3.63, 3.8) is 0 Å². The van der Waals surface area contributed by atoms with Crippen molar-refractivity contribution < 1.29 is 11.0 Å². The third-order valence-electron chi connectivity index (χ3n) is 2.89. The summed E-state index contributed by atoms with van der Waals surface area (Å²) >= 11 is 0. The van der Waals surface area contributed by atoms with Crippen molar-refractivity contribution in [2.75, 3.05) is 11.9 Å². The summed E-state index contributed by atoms with van der Waals surface area (Å²) in [5.41, 5.74) is 2.99. The van der Waals surface area contributed by atoms with Gasteiger partial charge in [0.05, 0.1) is 6.61 Å². The lowest BCUT2D eigenvalue weighted by molar-refractivity contribution is -0.114. The highest BCUT2D eigenvalue weighted by atomic mass is 16.5. The molecule has 2 aromatic carbocycles. The fraction of sp³-hybridized carbons (Fsp3) is 0.333. The molecule has 4 heteroatoms. The molecule has 0 aromatic heterocycles. The number of ether oxygens (including phenoxy) is 1. The lowest BCUT2D eigenvalue weighted by atomic mass is 10.2. The molecule has 2 aromatic rings. The van der Waals surface area contributed by atoms with Gasteiger partial charge in [-0.3, -0.25) is 4.79 Å². The van der Waals surface area contributed by atoms with Gasteiger partial charge in [0.15, 0.2) is 0 Å². The molecule has 4 nitrogen and oxygen atoms in total. The maximum absolute atomic E-state index is 10.7. The molecule has 0 radical (unpaired) electrons. The van der Waals surface area contributed by atoms with E-state index in [4.69, 9.17) is 10.1 Å². The van der Waals surface area contributed by atoms with E-state index in [0.29, 0.717) is 0 Å². The minimum Gasteiger partial charge on any atom is -0.494 e. The van der Waals surface area contributed by atoms with Crippen molar-refractivity contribution in [3.8, 4) is 5.75 Å². The second kappa shape index (κ2) is 13.8. The molecule has 0 atom stereocenters. The third kappa shape index (κ3) is 10.7. The lowest BCUT2D eigenvalue weighted by Gasteiger charge is -2.05. The summed E-state index contributed by atoms with van der Waals surface area (Å²) in [4.78, 5) is 10.7. The summed E-state index contributed by atoms with van der Waals surface area (Å²) in [7, 11) is 0. The van der Waals surface area contributed by atoms with E-state index in [9.17, 15) is 4.79 Å². The molecular weight excluding hydrogens is 312 g/mol. The summed E-state index contributed by atoms with van der Waals surface area (Å²) < 4.78 is 5.40. The quantitative estimate of drug-likeness (QED) is 0.684. The molecule has 0 saturated carbocycles. The van der Waals surface area contributed by atoms with Crippen LogP contribution in [0, 0.1) is 12.3 Å². The van der Waals surface area contributed by atoms with Gasteiger partial charge < -0.3 is 15.5 Å². The number of nitrogens with one attached hydrogen (secondary N) is 2. The zero-order chi connectivity index (χ0) is 19.1. The SMILES string of the molecule is CC.CCCOc1ccc(NC(C)=O)cc1.Cc1ccc(C=N)cc1.[HH]. The van der Waals surface area contributed by atoms with E-state index < -0.39 is 0 Å². The Morgan fingerprint density at radius 3 is 2.12 bits per heavy atom. The summed E-state index contributed by atoms with van der Waals surface area (Å²) in [6.45, 7) is 10.3. The normalized spacial score (nSPS) is 8.84. The fourth-order valence-corrected chi connectivity index (χ4v) is 1.72. The number of hydrogen-bond acceptors (Lipinski definition) is 3. The van der Waals surface area contributed by atoms with Gasteiger partial charge >= 0.3 is 0 Å². The molecular formula is C21H32N2O2. The van der Waals surface area contributed by atoms with Crippen molar-refractivity contribution in [1.29, 1.82) is 5.41 Å². The third-order valence-corrected chi connectivity index (χ3v) is 2.89. The molecule has 2 N–H and O–H groups in total. The standard InChI is InChI=1S/C11H15NO2.C8H9N.C2H6.H2/c1-3-8-14-11-6-4-10(5-7-11)12-9(2)13;1-7-2-4-8(6-9)5-3-7;1-2;/h4-7H,3,8H2,1-2H3,(H,12,13);2-6,9H,1H3;1-2H3;1H. The molecule has 0 unspecified atom stereocenters. The lowest BCUT2D eigenvalue weighted by Crippen LogP contribution is -2.05. The van der Waals surface area contributed by atoms with Crippen LogP contribution in [-0.4, -0.2) is 18.7 Å². The molecule has 0 bridgehead atoms. The zero-order valence-electron chi connectivity index (χ0n) is 15.9. The average molecular weight is 344 g/mol. The van der Waals surface area contributed by atoms with Gasteiger partial charge in [0, 0.05) is 20.3 Å². The van der Waals surface area contributed by atoms with Crippen LogP contribution in [0.3, 0.4) is 0 Å². The van der Waals surface area contributed by atoms with E-state index in [2.05, 4.69) is 12.2 Å². The molecule has 0 aliphatic heterocycles. The first-order chi connectivity index (χ1) is 12.0. The van der Waals surface area contributed by atoms with E-state index >= 15 is 0 Å². The van der Waals surface area contributed by atoms with Crippen LogP contribution in [0.5, 0.6) is 5.75 Å². The number of amides is 1. The van der Waals surface area contributed by atoms with E-state index in [1.165, 1.54) is 18.7 Å². The second-order valence-corrected chi connectivity index (χ2v) is 5.11. The first-order valence-corrected chi connectivity index (χ1v) is 8.62. The topological polar surface area (TPSA) is 62.2 Å². The summed E-state index contributed by atoms with van der Waals surface area (Å²) in [6.07, 6.45) is 2.34. The predicted octanol–water partition coefficient (Wildman–Crippen LogP) is 5.70. The van der Waals surface area contributed by atoms with Crippen molar-refractivity contribution in [2.45, 2.75) is 41.0 Å². The minimum absolute atomic E-state index is 0. The highest BCUT2D eigenvalue weighted by molar-refractivity contribution is 5.88. The van der Waals surface area contributed by atoms with E-state index in [-0.39, 0.29) is 7.33 Å². The number of carbonyl (C=O) groups excluding carboxylic acids is 1. The van der Waals surface area contributed by atoms with Gasteiger partial charge in [0.25, 0.3) is 0 Å². The van der Waals surface area contributed by atoms with Crippen molar-refractivity contribution in [1.82, 2.24) is 0 Å². The van der Waals surface area contributed by atoms with Gasteiger partial charge in [-0.1, -0.05) is 50.6 Å². The highest BCUT2D eigenvalue weighted by Crippen LogP contribution is 2.15. The van der Waals surface area contributed by atoms with Crippen LogP contribution in [0.15, 0.2) is 48.5 Å². The average Bonchev–Trinajstić information content (AvgIpc) is 2.63. The molecule has 0 saturated heterocycles. The highest BCUT2D eigenvalue weighted by Gasteiger charge is 1.96. The number of aryl methyl sites for hydroxylation is 1. The molecule has 138 valence electrons. The van der Waals surface area contributed by atoms with Gasteiger partial charge in [0.2, 0.25) is 5.91 Å². The molecule has 0 aliphatic carbocycles. The van der Waals surface area contributed by atoms with E-state index in [1.807, 2.05) is 69.3 Å². The Hall–Kier alpha value is -2.62. The van der Waals surface area contributed by atoms with Crippen LogP contribution in [0.1, 0.15) is 46.7 Å². The van der Waals surface area contributed by atoms with Crippen LogP contribution in [0.25, 0.3) is 0 Å². The van der Waals surface area contributed by atoms with Gasteiger partial charge in [-0.05, 0) is 43.2 Å². The maximum Gasteiger partial charge on any atom is 0.221 e. The number of anilines is 1. The summed E-state index contributed by atoms with van der Waals surface area (Å²) in [6, 6.07) is 15.2. The van der Waals surface area contributed by atoms with E-state index in [1.54, 1.807) is 0 Å². The van der Waals surface area contributed by atoms with Crippen LogP contribution in [0.2, 0.25) is 0 Å². The Balaban J connectivity index is 0. The number of rotatable bonds is 5. The maximum atomic E-state index is 10.7. The van der Waals surface area contributed by atoms with Crippen LogP contribution < -0.4 is 10.1 Å². The molecule has 0 fully saturated rings. The Bertz CT molecular complexity index is 611. The second-order valence-electron chi connectivity index (χ2n) is 5.11. The molecule has 0 heterocycles. The first kappa shape index (κ1) is 22.4. The molecule has 1 amide bonds. The summed E-state index contributed by atoms with van der Waals surface area (Å²) in [5, 5.41) is 9.58. The number of hydrogen-bond donors (Lipinski definition) is 2. The van der Waals surface area contributed by atoms with Crippen LogP contribution >= 0.6 is 0 Å². The summed E-state index contributed by atoms with van der Waals surface area (Å²) in [5.74, 6) is 0.771. The van der Waals surface area contributed by atoms with Gasteiger partial charge in [-0.15, -0.1) is 0 Å². The molecule has 0 spiro atoms. The Morgan fingerprint density at radius 1 is 1.12 bits per heavy atom. The smallest absolute Gasteiger partial charge is 0.221 e. The zero-order valence-corrected chi connectivity index (χ0v) is 15.9. The van der Waals surface area contributed by atoms with Gasteiger partial charge in [0.1, 0.15) is 5.75 Å². The van der Waals surface area contributed by atoms with Crippen LogP contribution in [-0.2, 0) is 4.79 Å². The predicted molar refractivity (Wildman–Crippen MR) is 109 cm³/mol. The fourth-order valence-electron chi connectivity index (χ4n) is 1.72.